The first-order valence-corrected chi connectivity index (χ1v) is 7.32. The van der Waals surface area contributed by atoms with Gasteiger partial charge in [-0.1, -0.05) is 20.8 Å². The number of hydrogen-bond acceptors (Lipinski definition) is 2. The fraction of sp³-hybridized carbons (Fsp3) is 1.00. The van der Waals surface area contributed by atoms with E-state index in [0.717, 1.165) is 11.7 Å². The van der Waals surface area contributed by atoms with Gasteiger partial charge in [-0.2, -0.15) is 12.6 Å². The molecule has 0 radical (unpaired) electrons. The van der Waals surface area contributed by atoms with E-state index in [1.807, 2.05) is 0 Å². The summed E-state index contributed by atoms with van der Waals surface area (Å²) in [6.07, 6.45) is 2.90. The molecular formula is C14H29NS. The van der Waals surface area contributed by atoms with Crippen LogP contribution in [0.5, 0.6) is 0 Å². The lowest BCUT2D eigenvalue weighted by Gasteiger charge is -2.36. The van der Waals surface area contributed by atoms with Crippen LogP contribution in [-0.4, -0.2) is 29.8 Å². The average molecular weight is 243 g/mol. The van der Waals surface area contributed by atoms with Crippen molar-refractivity contribution in [2.75, 3.05) is 18.8 Å². The normalized spacial score (nSPS) is 19.5. The first-order chi connectivity index (χ1) is 7.34. The zero-order valence-corrected chi connectivity index (χ0v) is 12.6. The first-order valence-electron chi connectivity index (χ1n) is 6.69. The Hall–Kier alpha value is 0.310. The quantitative estimate of drug-likeness (QED) is 0.696. The van der Waals surface area contributed by atoms with Crippen molar-refractivity contribution in [3.05, 3.63) is 0 Å². The number of hydrogen-bond donors (Lipinski definition) is 1. The average Bonchev–Trinajstić information content (AvgIpc) is 2.92. The van der Waals surface area contributed by atoms with Crippen LogP contribution in [0.1, 0.15) is 47.5 Å². The third kappa shape index (κ3) is 4.67. The van der Waals surface area contributed by atoms with Crippen LogP contribution in [0.25, 0.3) is 0 Å². The van der Waals surface area contributed by atoms with Crippen molar-refractivity contribution in [3.8, 4) is 0 Å². The summed E-state index contributed by atoms with van der Waals surface area (Å²) in [5, 5.41) is 0. The maximum Gasteiger partial charge on any atom is 0.00388 e. The molecular weight excluding hydrogens is 214 g/mol. The van der Waals surface area contributed by atoms with Crippen LogP contribution >= 0.6 is 12.6 Å². The van der Waals surface area contributed by atoms with Crippen LogP contribution < -0.4 is 0 Å². The van der Waals surface area contributed by atoms with E-state index >= 15 is 0 Å². The summed E-state index contributed by atoms with van der Waals surface area (Å²) in [5.41, 5.74) is 0.373. The Morgan fingerprint density at radius 1 is 1.25 bits per heavy atom. The minimum atomic E-state index is 0.373. The molecule has 1 rings (SSSR count). The van der Waals surface area contributed by atoms with Crippen molar-refractivity contribution in [3.63, 3.8) is 0 Å². The molecule has 1 nitrogen and oxygen atoms in total. The predicted octanol–water partition coefficient (Wildman–Crippen LogP) is 3.70. The first kappa shape index (κ1) is 14.4. The Kier molecular flexibility index (Phi) is 5.18. The second-order valence-electron chi connectivity index (χ2n) is 6.74. The molecule has 1 atom stereocenters. The molecule has 1 aliphatic rings. The maximum absolute atomic E-state index is 4.53. The predicted molar refractivity (Wildman–Crippen MR) is 76.2 cm³/mol. The molecule has 1 unspecified atom stereocenters. The standard InChI is InChI=1S/C14H29NS/c1-11(2)15(8-12-6-7-12)9-13(10-16)14(3,4)5/h11-13,16H,6-10H2,1-5H3. The van der Waals surface area contributed by atoms with Crippen LogP contribution in [0.15, 0.2) is 0 Å². The van der Waals surface area contributed by atoms with E-state index in [0.29, 0.717) is 17.4 Å². The highest BCUT2D eigenvalue weighted by molar-refractivity contribution is 7.80. The van der Waals surface area contributed by atoms with Gasteiger partial charge in [-0.15, -0.1) is 0 Å². The molecule has 0 amide bonds. The SMILES string of the molecule is CC(C)N(CC1CC1)CC(CS)C(C)(C)C. The maximum atomic E-state index is 4.53. The summed E-state index contributed by atoms with van der Waals surface area (Å²) in [6, 6.07) is 0.672. The van der Waals surface area contributed by atoms with E-state index in [9.17, 15) is 0 Å². The van der Waals surface area contributed by atoms with Gasteiger partial charge in [0.05, 0.1) is 0 Å². The second kappa shape index (κ2) is 5.77. The highest BCUT2D eigenvalue weighted by Gasteiger charge is 2.30. The molecule has 0 saturated heterocycles. The third-order valence-electron chi connectivity index (χ3n) is 3.82. The van der Waals surface area contributed by atoms with Crippen molar-refractivity contribution in [1.82, 2.24) is 4.90 Å². The molecule has 1 aliphatic carbocycles. The summed E-state index contributed by atoms with van der Waals surface area (Å²) >= 11 is 4.53. The van der Waals surface area contributed by atoms with Gasteiger partial charge < -0.3 is 4.90 Å². The molecule has 0 spiro atoms. The largest absolute Gasteiger partial charge is 0.300 e. The summed E-state index contributed by atoms with van der Waals surface area (Å²) in [4.78, 5) is 2.66. The van der Waals surface area contributed by atoms with Crippen LogP contribution in [0, 0.1) is 17.3 Å². The lowest BCUT2D eigenvalue weighted by atomic mass is 9.81. The topological polar surface area (TPSA) is 3.24 Å². The van der Waals surface area contributed by atoms with Gasteiger partial charge in [0.15, 0.2) is 0 Å². The number of thiol groups is 1. The molecule has 16 heavy (non-hydrogen) atoms. The molecule has 96 valence electrons. The van der Waals surface area contributed by atoms with Crippen molar-refractivity contribution >= 4 is 12.6 Å². The molecule has 2 heteroatoms. The lowest BCUT2D eigenvalue weighted by Crippen LogP contribution is -2.41. The smallest absolute Gasteiger partial charge is 0.00388 e. The molecule has 0 aromatic rings. The van der Waals surface area contributed by atoms with Gasteiger partial charge in [-0.25, -0.2) is 0 Å². The van der Waals surface area contributed by atoms with Gasteiger partial charge in [0, 0.05) is 19.1 Å². The highest BCUT2D eigenvalue weighted by Crippen LogP contribution is 2.33. The lowest BCUT2D eigenvalue weighted by molar-refractivity contribution is 0.134. The van der Waals surface area contributed by atoms with Crippen LogP contribution in [0.4, 0.5) is 0 Å². The third-order valence-corrected chi connectivity index (χ3v) is 4.26. The van der Waals surface area contributed by atoms with Crippen LogP contribution in [0.3, 0.4) is 0 Å². The second-order valence-corrected chi connectivity index (χ2v) is 7.10. The van der Waals surface area contributed by atoms with E-state index in [1.165, 1.54) is 25.9 Å². The van der Waals surface area contributed by atoms with E-state index < -0.39 is 0 Å². The Bertz CT molecular complexity index is 203. The molecule has 0 bridgehead atoms. The van der Waals surface area contributed by atoms with Gasteiger partial charge in [-0.05, 0) is 49.7 Å². The Labute approximate surface area is 107 Å². The highest BCUT2D eigenvalue weighted by atomic mass is 32.1. The zero-order chi connectivity index (χ0) is 12.3. The Balaban J connectivity index is 2.50. The summed E-state index contributed by atoms with van der Waals surface area (Å²) < 4.78 is 0. The summed E-state index contributed by atoms with van der Waals surface area (Å²) in [5.74, 6) is 2.68. The van der Waals surface area contributed by atoms with E-state index in [2.05, 4.69) is 52.1 Å². The Morgan fingerprint density at radius 2 is 1.81 bits per heavy atom. The van der Waals surface area contributed by atoms with Crippen molar-refractivity contribution in [1.29, 1.82) is 0 Å². The van der Waals surface area contributed by atoms with Crippen molar-refractivity contribution < 1.29 is 0 Å². The van der Waals surface area contributed by atoms with Gasteiger partial charge in [0.1, 0.15) is 0 Å². The fourth-order valence-corrected chi connectivity index (χ4v) is 2.68. The van der Waals surface area contributed by atoms with E-state index in [-0.39, 0.29) is 0 Å². The minimum Gasteiger partial charge on any atom is -0.300 e. The zero-order valence-electron chi connectivity index (χ0n) is 11.7. The molecule has 1 saturated carbocycles. The number of nitrogens with zero attached hydrogens (tertiary/aromatic N) is 1. The van der Waals surface area contributed by atoms with Gasteiger partial charge >= 0.3 is 0 Å². The van der Waals surface area contributed by atoms with Crippen LogP contribution in [-0.2, 0) is 0 Å². The molecule has 0 heterocycles. The van der Waals surface area contributed by atoms with Gasteiger partial charge in [0.2, 0.25) is 0 Å². The van der Waals surface area contributed by atoms with Gasteiger partial charge in [0.25, 0.3) is 0 Å². The molecule has 0 aliphatic heterocycles. The van der Waals surface area contributed by atoms with Gasteiger partial charge in [-0.3, -0.25) is 0 Å². The van der Waals surface area contributed by atoms with E-state index in [1.54, 1.807) is 0 Å². The van der Waals surface area contributed by atoms with Crippen molar-refractivity contribution in [2.24, 2.45) is 17.3 Å². The molecule has 0 aromatic heterocycles. The Morgan fingerprint density at radius 3 is 2.12 bits per heavy atom. The minimum absolute atomic E-state index is 0.373. The fourth-order valence-electron chi connectivity index (χ4n) is 2.02. The molecule has 1 fully saturated rings. The monoisotopic (exact) mass is 243 g/mol. The molecule has 0 aromatic carbocycles. The van der Waals surface area contributed by atoms with E-state index in [4.69, 9.17) is 0 Å². The molecule has 0 N–H and O–H groups in total. The summed E-state index contributed by atoms with van der Waals surface area (Å²) in [7, 11) is 0. The van der Waals surface area contributed by atoms with Crippen molar-refractivity contribution in [2.45, 2.75) is 53.5 Å². The summed E-state index contributed by atoms with van der Waals surface area (Å²) in [6.45, 7) is 14.2. The number of rotatable bonds is 6. The van der Waals surface area contributed by atoms with Crippen LogP contribution in [0.2, 0.25) is 0 Å².